The van der Waals surface area contributed by atoms with Crippen LogP contribution >= 0.6 is 0 Å². The third-order valence-corrected chi connectivity index (χ3v) is 11.1. The maximum absolute atomic E-state index is 14.1. The van der Waals surface area contributed by atoms with E-state index in [0.717, 1.165) is 0 Å². The number of amides is 1. The standard InChI is InChI=1S/C33H60F2N8O14/c34-33(35,11-37)27(49)28(50)43-16-7-15(39)24(55-29-14(38)2-1-13(52-29)9-42-12-32(51)3-5-41-6-4-32)26(20(16)45)57-31-23(48)25(18(10-44)54-31)56-30-19(40)22(47)21(46)17(8-36)53-30/h1,14-27,29-31,41-42,44-49,51H,2-12,36-40H2,(H,43,50)/t14-,15+,16-,17+,18-,19-,20+,21-,22-,23-,24-,25-,26-,27-,29-,30-,31+/m1/s1. The van der Waals surface area contributed by atoms with E-state index >= 15 is 0 Å². The van der Waals surface area contributed by atoms with Gasteiger partial charge < -0.3 is 109 Å². The molecule has 24 heteroatoms. The van der Waals surface area contributed by atoms with E-state index < -0.39 is 135 Å². The van der Waals surface area contributed by atoms with Crippen LogP contribution in [0.4, 0.5) is 8.78 Å². The molecule has 3 saturated heterocycles. The van der Waals surface area contributed by atoms with Crippen LogP contribution < -0.4 is 44.6 Å². The van der Waals surface area contributed by atoms with Crippen molar-refractivity contribution < 1.29 is 77.7 Å². The first-order valence-corrected chi connectivity index (χ1v) is 19.1. The fourth-order valence-corrected chi connectivity index (χ4v) is 7.54. The normalized spacial score (nSPS) is 41.9. The SMILES string of the molecule is NC[C@@H]1O[C@H](O[C@H]2[C@@H](O)[C@H](O[C@@H]3[C@@H](O)[C@H](NC(=O)[C@@H](O)C(F)(F)CN)C[C@H](N)[C@H]3O[C@H]3OC(CNCC4(O)CCNCC4)=CC[C@H]3N)O[C@@H]2CO)[C@H](N)[C@@H](O)[C@@H]1O. The van der Waals surface area contributed by atoms with Gasteiger partial charge in [-0.15, -0.1) is 0 Å². The number of rotatable bonds is 16. The summed E-state index contributed by atoms with van der Waals surface area (Å²) < 4.78 is 63.9. The first-order valence-electron chi connectivity index (χ1n) is 19.1. The predicted octanol–water partition coefficient (Wildman–Crippen LogP) is -7.85. The third-order valence-electron chi connectivity index (χ3n) is 11.1. The molecule has 57 heavy (non-hydrogen) atoms. The molecule has 0 aromatic heterocycles. The van der Waals surface area contributed by atoms with Crippen molar-refractivity contribution in [3.05, 3.63) is 11.8 Å². The first-order chi connectivity index (χ1) is 26.9. The summed E-state index contributed by atoms with van der Waals surface area (Å²) in [6, 6.07) is -4.69. The molecule has 1 saturated carbocycles. The molecule has 17 atom stereocenters. The van der Waals surface area contributed by atoms with Crippen LogP contribution in [0.15, 0.2) is 11.8 Å². The van der Waals surface area contributed by atoms with Gasteiger partial charge in [0.25, 0.3) is 11.8 Å². The molecule has 5 aliphatic rings. The minimum absolute atomic E-state index is 0.202. The quantitative estimate of drug-likeness (QED) is 0.0687. The average molecular weight is 831 g/mol. The zero-order valence-electron chi connectivity index (χ0n) is 31.3. The summed E-state index contributed by atoms with van der Waals surface area (Å²) in [5.74, 6) is -5.14. The lowest BCUT2D eigenvalue weighted by Gasteiger charge is -2.46. The zero-order valence-corrected chi connectivity index (χ0v) is 31.3. The highest BCUT2D eigenvalue weighted by Crippen LogP contribution is 2.35. The Kier molecular flexibility index (Phi) is 15.9. The van der Waals surface area contributed by atoms with E-state index in [4.69, 9.17) is 57.1 Å². The molecule has 1 amide bonds. The van der Waals surface area contributed by atoms with Gasteiger partial charge in [0, 0.05) is 19.1 Å². The molecular weight excluding hydrogens is 770 g/mol. The summed E-state index contributed by atoms with van der Waals surface area (Å²) in [7, 11) is 0. The van der Waals surface area contributed by atoms with E-state index in [0.29, 0.717) is 38.2 Å². The van der Waals surface area contributed by atoms with Gasteiger partial charge in [0.2, 0.25) is 6.29 Å². The molecule has 0 bridgehead atoms. The van der Waals surface area contributed by atoms with Gasteiger partial charge >= 0.3 is 0 Å². The Balaban J connectivity index is 1.33. The van der Waals surface area contributed by atoms with Crippen molar-refractivity contribution in [2.75, 3.05) is 45.9 Å². The lowest BCUT2D eigenvalue weighted by molar-refractivity contribution is -0.282. The number of nitrogens with one attached hydrogen (secondary N) is 3. The van der Waals surface area contributed by atoms with Gasteiger partial charge in [0.05, 0.1) is 43.4 Å². The van der Waals surface area contributed by atoms with Crippen LogP contribution in [0.25, 0.3) is 0 Å². The van der Waals surface area contributed by atoms with Crippen LogP contribution in [0.1, 0.15) is 25.7 Å². The molecular formula is C33H60F2N8O14. The number of carbonyl (C=O) groups excluding carboxylic acids is 1. The van der Waals surface area contributed by atoms with Crippen LogP contribution in [0.5, 0.6) is 0 Å². The number of hydrogen-bond acceptors (Lipinski definition) is 21. The van der Waals surface area contributed by atoms with Gasteiger partial charge in [0.15, 0.2) is 18.7 Å². The number of aliphatic hydroxyl groups is 7. The Morgan fingerprint density at radius 2 is 1.58 bits per heavy atom. The number of alkyl halides is 2. The Bertz CT molecular complexity index is 1340. The molecule has 330 valence electrons. The number of halogens is 2. The summed E-state index contributed by atoms with van der Waals surface area (Å²) in [5, 5.41) is 83.3. The highest BCUT2D eigenvalue weighted by atomic mass is 19.3. The third kappa shape index (κ3) is 10.7. The largest absolute Gasteiger partial charge is 0.467 e. The monoisotopic (exact) mass is 830 g/mol. The second kappa shape index (κ2) is 19.7. The van der Waals surface area contributed by atoms with Gasteiger partial charge in [-0.05, 0) is 44.8 Å². The van der Waals surface area contributed by atoms with Crippen molar-refractivity contribution >= 4 is 5.91 Å². The Morgan fingerprint density at radius 3 is 2.23 bits per heavy atom. The van der Waals surface area contributed by atoms with Gasteiger partial charge in [-0.25, -0.2) is 8.78 Å². The van der Waals surface area contributed by atoms with E-state index in [-0.39, 0.29) is 25.9 Å². The molecule has 0 aromatic rings. The van der Waals surface area contributed by atoms with Crippen molar-refractivity contribution in [2.24, 2.45) is 28.7 Å². The molecule has 5 rings (SSSR count). The predicted molar refractivity (Wildman–Crippen MR) is 190 cm³/mol. The minimum atomic E-state index is -4.01. The van der Waals surface area contributed by atoms with Crippen molar-refractivity contribution in [1.82, 2.24) is 16.0 Å². The fraction of sp³-hybridized carbons (Fsp3) is 0.909. The van der Waals surface area contributed by atoms with Gasteiger partial charge in [-0.1, -0.05) is 0 Å². The van der Waals surface area contributed by atoms with E-state index in [9.17, 15) is 49.3 Å². The Labute approximate surface area is 327 Å². The minimum Gasteiger partial charge on any atom is -0.467 e. The maximum Gasteiger partial charge on any atom is 0.294 e. The molecule has 0 aromatic carbocycles. The summed E-state index contributed by atoms with van der Waals surface area (Å²) in [4.78, 5) is 12.7. The number of aliphatic hydroxyl groups excluding tert-OH is 6. The molecule has 4 fully saturated rings. The average Bonchev–Trinajstić information content (AvgIpc) is 3.48. The van der Waals surface area contributed by atoms with Crippen molar-refractivity contribution in [3.8, 4) is 0 Å². The number of carbonyl (C=O) groups is 1. The lowest BCUT2D eigenvalue weighted by Crippen LogP contribution is -2.67. The molecule has 4 heterocycles. The molecule has 20 N–H and O–H groups in total. The highest BCUT2D eigenvalue weighted by Gasteiger charge is 2.55. The topological polar surface area (TPSA) is 380 Å². The van der Waals surface area contributed by atoms with E-state index in [1.807, 2.05) is 0 Å². The molecule has 0 unspecified atom stereocenters. The molecule has 22 nitrogen and oxygen atoms in total. The molecule has 0 spiro atoms. The summed E-state index contributed by atoms with van der Waals surface area (Å²) in [5.41, 5.74) is 28.7. The summed E-state index contributed by atoms with van der Waals surface area (Å²) in [6.07, 6.45) is -17.9. The number of piperidine rings is 1. The second-order valence-electron chi connectivity index (χ2n) is 15.4. The summed E-state index contributed by atoms with van der Waals surface area (Å²) >= 11 is 0. The number of nitrogens with two attached hydrogens (primary N) is 5. The van der Waals surface area contributed by atoms with E-state index in [2.05, 4.69) is 16.0 Å². The van der Waals surface area contributed by atoms with E-state index in [1.54, 1.807) is 6.08 Å². The van der Waals surface area contributed by atoms with Crippen molar-refractivity contribution in [1.29, 1.82) is 0 Å². The Morgan fingerprint density at radius 1 is 0.930 bits per heavy atom. The van der Waals surface area contributed by atoms with Crippen LogP contribution in [0.2, 0.25) is 0 Å². The van der Waals surface area contributed by atoms with E-state index in [1.165, 1.54) is 0 Å². The van der Waals surface area contributed by atoms with Gasteiger partial charge in [-0.2, -0.15) is 0 Å². The lowest BCUT2D eigenvalue weighted by atomic mass is 9.83. The van der Waals surface area contributed by atoms with Crippen molar-refractivity contribution in [2.45, 2.75) is 141 Å². The molecule has 4 aliphatic heterocycles. The number of hydrogen-bond donors (Lipinski definition) is 15. The van der Waals surface area contributed by atoms with Crippen LogP contribution in [-0.2, 0) is 33.2 Å². The molecule has 0 radical (unpaired) electrons. The summed E-state index contributed by atoms with van der Waals surface area (Å²) in [6.45, 7) is -0.489. The Hall–Kier alpha value is -1.89. The van der Waals surface area contributed by atoms with Crippen LogP contribution in [0, 0.1) is 0 Å². The van der Waals surface area contributed by atoms with Crippen LogP contribution in [0.3, 0.4) is 0 Å². The van der Waals surface area contributed by atoms with Gasteiger partial charge in [0.1, 0.15) is 60.7 Å². The van der Waals surface area contributed by atoms with Gasteiger partial charge in [-0.3, -0.25) is 4.79 Å². The molecule has 1 aliphatic carbocycles. The smallest absolute Gasteiger partial charge is 0.294 e. The second-order valence-corrected chi connectivity index (χ2v) is 15.4. The maximum atomic E-state index is 14.1. The van der Waals surface area contributed by atoms with Crippen LogP contribution in [-0.4, -0.2) is 203 Å². The zero-order chi connectivity index (χ0) is 41.8. The fourth-order valence-electron chi connectivity index (χ4n) is 7.54. The highest BCUT2D eigenvalue weighted by molar-refractivity contribution is 5.82. The number of ether oxygens (including phenoxy) is 6. The first kappa shape index (κ1) is 46.2. The van der Waals surface area contributed by atoms with Crippen molar-refractivity contribution in [3.63, 3.8) is 0 Å².